The number of rotatable bonds is 4. The van der Waals surface area contributed by atoms with Crippen LogP contribution in [0.15, 0.2) is 24.3 Å². The SMILES string of the molecule is CC(C)(C)C1CCC2(CC1)NC(=O)N(CC(=O)OCc1cccc(C(F)(F)F)c1)C2=O. The summed E-state index contributed by atoms with van der Waals surface area (Å²) in [4.78, 5) is 38.3. The van der Waals surface area contributed by atoms with Crippen LogP contribution in [0.25, 0.3) is 0 Å². The monoisotopic (exact) mass is 440 g/mol. The van der Waals surface area contributed by atoms with E-state index in [2.05, 4.69) is 26.1 Å². The molecule has 2 aliphatic rings. The molecular weight excluding hydrogens is 413 g/mol. The molecule has 31 heavy (non-hydrogen) atoms. The van der Waals surface area contributed by atoms with Crippen LogP contribution in [0.5, 0.6) is 0 Å². The van der Waals surface area contributed by atoms with Crippen LogP contribution in [0.4, 0.5) is 18.0 Å². The van der Waals surface area contributed by atoms with Gasteiger partial charge < -0.3 is 10.1 Å². The van der Waals surface area contributed by atoms with Gasteiger partial charge >= 0.3 is 18.2 Å². The van der Waals surface area contributed by atoms with Crippen molar-refractivity contribution in [2.24, 2.45) is 11.3 Å². The number of esters is 1. The molecule has 3 rings (SSSR count). The van der Waals surface area contributed by atoms with Crippen molar-refractivity contribution in [2.45, 2.75) is 64.8 Å². The number of ether oxygens (including phenoxy) is 1. The van der Waals surface area contributed by atoms with Gasteiger partial charge in [0.05, 0.1) is 5.56 Å². The van der Waals surface area contributed by atoms with E-state index in [1.807, 2.05) is 0 Å². The number of halogens is 3. The Kier molecular flexibility index (Phi) is 6.08. The fourth-order valence-corrected chi connectivity index (χ4v) is 4.31. The average molecular weight is 440 g/mol. The molecule has 1 aliphatic heterocycles. The molecule has 1 saturated carbocycles. The second kappa shape index (κ2) is 8.16. The van der Waals surface area contributed by atoms with Crippen LogP contribution >= 0.6 is 0 Å². The molecule has 0 unspecified atom stereocenters. The summed E-state index contributed by atoms with van der Waals surface area (Å²) in [5, 5.41) is 2.75. The van der Waals surface area contributed by atoms with Gasteiger partial charge in [0.25, 0.3) is 5.91 Å². The van der Waals surface area contributed by atoms with Crippen LogP contribution in [0.1, 0.15) is 57.6 Å². The Morgan fingerprint density at radius 3 is 2.42 bits per heavy atom. The standard InChI is InChI=1S/C22H27F3N2O4/c1-20(2,3)15-7-9-21(10-8-15)18(29)27(19(30)26-21)12-17(28)31-13-14-5-4-6-16(11-14)22(23,24)25/h4-6,11,15H,7-10,12-13H2,1-3H3,(H,26,30). The lowest BCUT2D eigenvalue weighted by Gasteiger charge is -2.40. The fraction of sp³-hybridized carbons (Fsp3) is 0.591. The molecule has 1 aromatic carbocycles. The van der Waals surface area contributed by atoms with Crippen LogP contribution in [0.3, 0.4) is 0 Å². The molecule has 1 aromatic rings. The Morgan fingerprint density at radius 2 is 1.84 bits per heavy atom. The fourth-order valence-electron chi connectivity index (χ4n) is 4.31. The van der Waals surface area contributed by atoms with Crippen molar-refractivity contribution in [3.8, 4) is 0 Å². The van der Waals surface area contributed by atoms with Crippen molar-refractivity contribution in [1.82, 2.24) is 10.2 Å². The maximum Gasteiger partial charge on any atom is 0.416 e. The van der Waals surface area contributed by atoms with E-state index in [-0.39, 0.29) is 17.6 Å². The Bertz CT molecular complexity index is 868. The molecular formula is C22H27F3N2O4. The molecule has 1 aliphatic carbocycles. The lowest BCUT2D eigenvalue weighted by molar-refractivity contribution is -0.149. The first-order chi connectivity index (χ1) is 14.3. The second-order valence-corrected chi connectivity index (χ2v) is 9.40. The molecule has 1 spiro atoms. The minimum absolute atomic E-state index is 0.111. The Balaban J connectivity index is 1.57. The number of nitrogens with zero attached hydrogens (tertiary/aromatic N) is 1. The van der Waals surface area contributed by atoms with E-state index in [9.17, 15) is 27.6 Å². The molecule has 1 heterocycles. The van der Waals surface area contributed by atoms with Crippen molar-refractivity contribution in [1.29, 1.82) is 0 Å². The van der Waals surface area contributed by atoms with Crippen molar-refractivity contribution < 1.29 is 32.3 Å². The van der Waals surface area contributed by atoms with Gasteiger partial charge in [-0.25, -0.2) is 4.79 Å². The number of carbonyl (C=O) groups excluding carboxylic acids is 3. The largest absolute Gasteiger partial charge is 0.459 e. The van der Waals surface area contributed by atoms with Gasteiger partial charge in [0.1, 0.15) is 18.7 Å². The van der Waals surface area contributed by atoms with Crippen LogP contribution in [0, 0.1) is 11.3 Å². The zero-order valence-corrected chi connectivity index (χ0v) is 17.8. The van der Waals surface area contributed by atoms with Gasteiger partial charge in [-0.3, -0.25) is 14.5 Å². The predicted molar refractivity (Wildman–Crippen MR) is 106 cm³/mol. The zero-order chi connectivity index (χ0) is 23.0. The summed E-state index contributed by atoms with van der Waals surface area (Å²) >= 11 is 0. The summed E-state index contributed by atoms with van der Waals surface area (Å²) in [6.45, 7) is 5.49. The highest BCUT2D eigenvalue weighted by molar-refractivity contribution is 6.08. The maximum absolute atomic E-state index is 12.9. The Hall–Kier alpha value is -2.58. The number of imide groups is 1. The Labute approximate surface area is 179 Å². The third kappa shape index (κ3) is 5.02. The van der Waals surface area contributed by atoms with E-state index in [1.54, 1.807) is 0 Å². The van der Waals surface area contributed by atoms with Crippen molar-refractivity contribution in [2.75, 3.05) is 6.54 Å². The van der Waals surface area contributed by atoms with E-state index in [0.29, 0.717) is 18.8 Å². The summed E-state index contributed by atoms with van der Waals surface area (Å²) in [5.74, 6) is -0.864. The molecule has 3 amide bonds. The van der Waals surface area contributed by atoms with E-state index in [4.69, 9.17) is 4.74 Å². The first-order valence-electron chi connectivity index (χ1n) is 10.3. The Morgan fingerprint density at radius 1 is 1.19 bits per heavy atom. The molecule has 0 atom stereocenters. The number of benzene rings is 1. The van der Waals surface area contributed by atoms with Crippen LogP contribution < -0.4 is 5.32 Å². The van der Waals surface area contributed by atoms with Gasteiger partial charge in [0.2, 0.25) is 0 Å². The summed E-state index contributed by atoms with van der Waals surface area (Å²) in [5.41, 5.74) is -1.55. The highest BCUT2D eigenvalue weighted by Crippen LogP contribution is 2.43. The van der Waals surface area contributed by atoms with Crippen molar-refractivity contribution >= 4 is 17.9 Å². The van der Waals surface area contributed by atoms with E-state index >= 15 is 0 Å². The molecule has 1 N–H and O–H groups in total. The van der Waals surface area contributed by atoms with Crippen LogP contribution in [-0.2, 0) is 27.1 Å². The summed E-state index contributed by atoms with van der Waals surface area (Å²) in [6.07, 6.45) is -1.89. The third-order valence-corrected chi connectivity index (χ3v) is 6.25. The lowest BCUT2D eigenvalue weighted by Crippen LogP contribution is -2.50. The first-order valence-corrected chi connectivity index (χ1v) is 10.3. The number of urea groups is 1. The zero-order valence-electron chi connectivity index (χ0n) is 17.8. The summed E-state index contributed by atoms with van der Waals surface area (Å²) in [6, 6.07) is 3.80. The number of hydrogen-bond donors (Lipinski definition) is 1. The number of alkyl halides is 3. The second-order valence-electron chi connectivity index (χ2n) is 9.40. The van der Waals surface area contributed by atoms with Gasteiger partial charge in [-0.1, -0.05) is 32.9 Å². The van der Waals surface area contributed by atoms with Crippen LogP contribution in [0.2, 0.25) is 0 Å². The average Bonchev–Trinajstić information content (AvgIpc) is 2.89. The quantitative estimate of drug-likeness (QED) is 0.560. The molecule has 2 fully saturated rings. The highest BCUT2D eigenvalue weighted by Gasteiger charge is 2.53. The number of carbonyl (C=O) groups is 3. The van der Waals surface area contributed by atoms with Gasteiger partial charge in [-0.15, -0.1) is 0 Å². The van der Waals surface area contributed by atoms with Gasteiger partial charge in [0, 0.05) is 0 Å². The smallest absolute Gasteiger partial charge is 0.416 e. The topological polar surface area (TPSA) is 75.7 Å². The molecule has 0 aromatic heterocycles. The van der Waals surface area contributed by atoms with E-state index in [0.717, 1.165) is 29.9 Å². The van der Waals surface area contributed by atoms with Gasteiger partial charge in [-0.2, -0.15) is 13.2 Å². The highest BCUT2D eigenvalue weighted by atomic mass is 19.4. The van der Waals surface area contributed by atoms with Crippen molar-refractivity contribution in [3.05, 3.63) is 35.4 Å². The maximum atomic E-state index is 12.9. The molecule has 0 radical (unpaired) electrons. The molecule has 1 saturated heterocycles. The number of nitrogens with one attached hydrogen (secondary N) is 1. The first kappa shape index (κ1) is 23.1. The predicted octanol–water partition coefficient (Wildman–Crippen LogP) is 4.28. The normalized spacial score (nSPS) is 24.5. The van der Waals surface area contributed by atoms with E-state index < -0.39 is 41.7 Å². The molecule has 9 heteroatoms. The number of amides is 3. The lowest BCUT2D eigenvalue weighted by atomic mass is 9.67. The van der Waals surface area contributed by atoms with E-state index in [1.165, 1.54) is 12.1 Å². The molecule has 170 valence electrons. The molecule has 6 nitrogen and oxygen atoms in total. The van der Waals surface area contributed by atoms with Gasteiger partial charge in [-0.05, 0) is 54.7 Å². The third-order valence-electron chi connectivity index (χ3n) is 6.25. The number of hydrogen-bond acceptors (Lipinski definition) is 4. The summed E-state index contributed by atoms with van der Waals surface area (Å²) < 4.78 is 43.4. The minimum Gasteiger partial charge on any atom is -0.459 e. The van der Waals surface area contributed by atoms with Gasteiger partial charge in [0.15, 0.2) is 0 Å². The van der Waals surface area contributed by atoms with Crippen molar-refractivity contribution in [3.63, 3.8) is 0 Å². The minimum atomic E-state index is -4.50. The summed E-state index contributed by atoms with van der Waals surface area (Å²) in [7, 11) is 0. The van der Waals surface area contributed by atoms with Crippen LogP contribution in [-0.4, -0.2) is 34.9 Å². The molecule has 0 bridgehead atoms.